The summed E-state index contributed by atoms with van der Waals surface area (Å²) in [6, 6.07) is 16.6. The molecule has 192 valence electrons. The summed E-state index contributed by atoms with van der Waals surface area (Å²) in [5.74, 6) is 2.25. The second-order valence-electron chi connectivity index (χ2n) is 9.92. The molecule has 0 aliphatic heterocycles. The average molecular weight is 500 g/mol. The Labute approximate surface area is 216 Å². The first-order valence-corrected chi connectivity index (χ1v) is 13.2. The monoisotopic (exact) mass is 499 g/mol. The molecule has 1 aliphatic rings. The molecule has 2 N–H and O–H groups in total. The fourth-order valence-corrected chi connectivity index (χ4v) is 5.27. The number of tetrazole rings is 1. The van der Waals surface area contributed by atoms with Gasteiger partial charge in [-0.25, -0.2) is 9.67 Å². The number of hydrogen-bond donors (Lipinski definition) is 2. The van der Waals surface area contributed by atoms with Crippen molar-refractivity contribution in [1.29, 1.82) is 0 Å². The molecule has 37 heavy (non-hydrogen) atoms. The van der Waals surface area contributed by atoms with Crippen LogP contribution in [0.1, 0.15) is 62.7 Å². The van der Waals surface area contributed by atoms with Crippen molar-refractivity contribution in [3.8, 4) is 22.5 Å². The highest BCUT2D eigenvalue weighted by Gasteiger charge is 2.26. The third kappa shape index (κ3) is 5.93. The first kappa shape index (κ1) is 24.8. The highest BCUT2D eigenvalue weighted by molar-refractivity contribution is 5.80. The van der Waals surface area contributed by atoms with Crippen LogP contribution in [0.4, 0.5) is 0 Å². The van der Waals surface area contributed by atoms with E-state index in [9.17, 15) is 9.90 Å². The minimum absolute atomic E-state index is 0.168. The minimum Gasteiger partial charge on any atom is -0.481 e. The maximum absolute atomic E-state index is 11.3. The van der Waals surface area contributed by atoms with Gasteiger partial charge in [0, 0.05) is 18.4 Å². The molecule has 0 atom stereocenters. The smallest absolute Gasteiger partial charge is 0.306 e. The summed E-state index contributed by atoms with van der Waals surface area (Å²) in [7, 11) is 0. The molecule has 0 spiro atoms. The predicted molar refractivity (Wildman–Crippen MR) is 140 cm³/mol. The Morgan fingerprint density at radius 3 is 2.46 bits per heavy atom. The number of aromatic nitrogens is 7. The number of hydrogen-bond acceptors (Lipinski definition) is 6. The molecule has 9 nitrogen and oxygen atoms in total. The molecule has 0 saturated heterocycles. The van der Waals surface area contributed by atoms with Gasteiger partial charge in [-0.1, -0.05) is 55.5 Å². The molecule has 2 heterocycles. The number of nitrogens with one attached hydrogen (secondary N) is 1. The number of benzene rings is 2. The van der Waals surface area contributed by atoms with Crippen LogP contribution in [0, 0.1) is 11.8 Å². The molecular weight excluding hydrogens is 466 g/mol. The van der Waals surface area contributed by atoms with Gasteiger partial charge in [0.05, 0.1) is 12.5 Å². The van der Waals surface area contributed by atoms with Crippen LogP contribution in [-0.2, 0) is 24.2 Å². The van der Waals surface area contributed by atoms with Crippen LogP contribution in [-0.4, -0.2) is 46.5 Å². The van der Waals surface area contributed by atoms with Crippen molar-refractivity contribution in [2.45, 2.75) is 64.8 Å². The molecule has 1 saturated carbocycles. The number of rotatable bonds is 10. The first-order chi connectivity index (χ1) is 18.1. The molecule has 0 radical (unpaired) electrons. The number of nitrogens with zero attached hydrogens (tertiary/aromatic N) is 6. The van der Waals surface area contributed by atoms with E-state index in [0.717, 1.165) is 85.3 Å². The quantitative estimate of drug-likeness (QED) is 0.316. The molecule has 0 bridgehead atoms. The van der Waals surface area contributed by atoms with E-state index in [0.29, 0.717) is 18.3 Å². The summed E-state index contributed by atoms with van der Waals surface area (Å²) >= 11 is 0. The van der Waals surface area contributed by atoms with Crippen LogP contribution in [0.2, 0.25) is 0 Å². The normalized spacial score (nSPS) is 17.6. The highest BCUT2D eigenvalue weighted by atomic mass is 16.4. The van der Waals surface area contributed by atoms with E-state index in [1.54, 1.807) is 0 Å². The third-order valence-corrected chi connectivity index (χ3v) is 7.35. The van der Waals surface area contributed by atoms with Crippen LogP contribution in [0.25, 0.3) is 22.5 Å². The molecule has 1 aliphatic carbocycles. The second-order valence-corrected chi connectivity index (χ2v) is 9.92. The SMILES string of the molecule is CCCc1nc(CCC2CCC(C(=O)O)CC2)n(Cc2ccc(-c3ccccc3-c3nn[nH]n3)cc2)n1. The lowest BCUT2D eigenvalue weighted by molar-refractivity contribution is -0.143. The Morgan fingerprint density at radius 1 is 1.03 bits per heavy atom. The number of carbonyl (C=O) groups is 1. The minimum atomic E-state index is -0.647. The fraction of sp³-hybridized carbons (Fsp3) is 0.429. The molecule has 0 amide bonds. The Kier molecular flexibility index (Phi) is 7.67. The number of aryl methyl sites for hydroxylation is 2. The van der Waals surface area contributed by atoms with Gasteiger partial charge in [0.25, 0.3) is 0 Å². The molecular formula is C28H33N7O2. The average Bonchev–Trinajstić information content (AvgIpc) is 3.59. The maximum Gasteiger partial charge on any atom is 0.306 e. The van der Waals surface area contributed by atoms with Gasteiger partial charge in [-0.15, -0.1) is 10.2 Å². The van der Waals surface area contributed by atoms with Gasteiger partial charge in [-0.3, -0.25) is 4.79 Å². The highest BCUT2D eigenvalue weighted by Crippen LogP contribution is 2.32. The number of H-pyrrole nitrogens is 1. The van der Waals surface area contributed by atoms with Crippen molar-refractivity contribution >= 4 is 5.97 Å². The predicted octanol–water partition coefficient (Wildman–Crippen LogP) is 4.95. The Morgan fingerprint density at radius 2 is 1.78 bits per heavy atom. The van der Waals surface area contributed by atoms with E-state index >= 15 is 0 Å². The summed E-state index contributed by atoms with van der Waals surface area (Å²) in [4.78, 5) is 16.1. The lowest BCUT2D eigenvalue weighted by Gasteiger charge is -2.25. The zero-order valence-corrected chi connectivity index (χ0v) is 21.2. The van der Waals surface area contributed by atoms with Crippen molar-refractivity contribution in [1.82, 2.24) is 35.4 Å². The third-order valence-electron chi connectivity index (χ3n) is 7.35. The van der Waals surface area contributed by atoms with Crippen LogP contribution in [0.15, 0.2) is 48.5 Å². The van der Waals surface area contributed by atoms with Crippen LogP contribution >= 0.6 is 0 Å². The van der Waals surface area contributed by atoms with Gasteiger partial charge < -0.3 is 5.11 Å². The lowest BCUT2D eigenvalue weighted by atomic mass is 9.80. The maximum atomic E-state index is 11.3. The molecule has 0 unspecified atom stereocenters. The van der Waals surface area contributed by atoms with Crippen LogP contribution in [0.5, 0.6) is 0 Å². The molecule has 9 heteroatoms. The molecule has 2 aromatic carbocycles. The largest absolute Gasteiger partial charge is 0.481 e. The number of aliphatic carboxylic acids is 1. The van der Waals surface area contributed by atoms with Gasteiger partial charge in [-0.05, 0) is 66.3 Å². The summed E-state index contributed by atoms with van der Waals surface area (Å²) in [6.45, 7) is 2.82. The summed E-state index contributed by atoms with van der Waals surface area (Å²) in [6.07, 6.45) is 7.33. The first-order valence-electron chi connectivity index (χ1n) is 13.2. The number of aromatic amines is 1. The van der Waals surface area contributed by atoms with Crippen molar-refractivity contribution in [3.05, 3.63) is 65.7 Å². The fourth-order valence-electron chi connectivity index (χ4n) is 5.27. The number of carboxylic acids is 1. The zero-order valence-electron chi connectivity index (χ0n) is 21.2. The van der Waals surface area contributed by atoms with Gasteiger partial charge in [0.1, 0.15) is 5.82 Å². The van der Waals surface area contributed by atoms with E-state index in [2.05, 4.69) is 62.6 Å². The van der Waals surface area contributed by atoms with Crippen molar-refractivity contribution < 1.29 is 9.90 Å². The van der Waals surface area contributed by atoms with Crippen molar-refractivity contribution in [2.75, 3.05) is 0 Å². The van der Waals surface area contributed by atoms with Gasteiger partial charge in [0.2, 0.25) is 5.82 Å². The van der Waals surface area contributed by atoms with E-state index in [1.165, 1.54) is 0 Å². The summed E-state index contributed by atoms with van der Waals surface area (Å²) in [5, 5.41) is 28.6. The topological polar surface area (TPSA) is 122 Å². The molecule has 4 aromatic rings. The summed E-state index contributed by atoms with van der Waals surface area (Å²) < 4.78 is 2.05. The van der Waals surface area contributed by atoms with E-state index in [1.807, 2.05) is 18.2 Å². The zero-order chi connectivity index (χ0) is 25.6. The lowest BCUT2D eigenvalue weighted by Crippen LogP contribution is -2.22. The van der Waals surface area contributed by atoms with E-state index in [-0.39, 0.29) is 5.92 Å². The van der Waals surface area contributed by atoms with Gasteiger partial charge in [-0.2, -0.15) is 10.3 Å². The van der Waals surface area contributed by atoms with Crippen LogP contribution < -0.4 is 0 Å². The van der Waals surface area contributed by atoms with Crippen molar-refractivity contribution in [3.63, 3.8) is 0 Å². The Hall–Kier alpha value is -3.88. The van der Waals surface area contributed by atoms with Gasteiger partial charge in [0.15, 0.2) is 5.82 Å². The Bertz CT molecular complexity index is 1310. The van der Waals surface area contributed by atoms with Crippen LogP contribution in [0.3, 0.4) is 0 Å². The molecule has 2 aromatic heterocycles. The van der Waals surface area contributed by atoms with Gasteiger partial charge >= 0.3 is 5.97 Å². The number of carboxylic acid groups (broad SMARTS) is 1. The summed E-state index contributed by atoms with van der Waals surface area (Å²) in [5.41, 5.74) is 4.24. The van der Waals surface area contributed by atoms with E-state index in [4.69, 9.17) is 10.1 Å². The van der Waals surface area contributed by atoms with E-state index < -0.39 is 5.97 Å². The van der Waals surface area contributed by atoms with Crippen molar-refractivity contribution in [2.24, 2.45) is 11.8 Å². The Balaban J connectivity index is 1.28. The molecule has 1 fully saturated rings. The molecule has 5 rings (SSSR count). The standard InChI is InChI=1S/C28H33N7O2/c1-2-5-25-29-26(17-12-19-8-15-22(16-9-19)28(36)37)35(32-25)18-20-10-13-21(14-11-20)23-6-3-4-7-24(23)27-30-33-34-31-27/h3-4,6-7,10-11,13-14,19,22H,2,5,8-9,12,15-18H2,1H3,(H,36,37)(H,30,31,33,34). The second kappa shape index (κ2) is 11.5.